The number of methoxy groups -OCH3 is 2. The van der Waals surface area contributed by atoms with Crippen LogP contribution >= 0.6 is 34.8 Å². The SMILES string of the molecule is COc1ccc(C2/C(=C(\O)c3cc(Cl)c(OC)c(Cl)c3)C(=O)C(=O)N2c2ccc(C)c(Cl)c2)cc1. The fourth-order valence-corrected chi connectivity index (χ4v) is 4.80. The van der Waals surface area contributed by atoms with Crippen LogP contribution in [-0.4, -0.2) is 31.0 Å². The van der Waals surface area contributed by atoms with Gasteiger partial charge in [0.15, 0.2) is 5.75 Å². The highest BCUT2D eigenvalue weighted by molar-refractivity contribution is 6.52. The molecule has 1 atom stereocenters. The smallest absolute Gasteiger partial charge is 0.300 e. The number of hydrogen-bond donors (Lipinski definition) is 1. The first kappa shape index (κ1) is 24.9. The van der Waals surface area contributed by atoms with E-state index in [2.05, 4.69) is 0 Å². The van der Waals surface area contributed by atoms with E-state index in [-0.39, 0.29) is 26.9 Å². The molecule has 1 fully saturated rings. The van der Waals surface area contributed by atoms with E-state index in [1.807, 2.05) is 6.92 Å². The Labute approximate surface area is 217 Å². The van der Waals surface area contributed by atoms with Crippen molar-refractivity contribution in [2.24, 2.45) is 0 Å². The van der Waals surface area contributed by atoms with Crippen LogP contribution in [0.1, 0.15) is 22.7 Å². The molecule has 3 aromatic carbocycles. The summed E-state index contributed by atoms with van der Waals surface area (Å²) in [5.74, 6) is -1.26. The lowest BCUT2D eigenvalue weighted by atomic mass is 9.95. The van der Waals surface area contributed by atoms with Crippen molar-refractivity contribution in [1.82, 2.24) is 0 Å². The van der Waals surface area contributed by atoms with Gasteiger partial charge in [0, 0.05) is 16.3 Å². The third-order valence-corrected chi connectivity index (χ3v) is 6.75. The third-order valence-electron chi connectivity index (χ3n) is 5.79. The van der Waals surface area contributed by atoms with Gasteiger partial charge in [-0.3, -0.25) is 14.5 Å². The molecule has 1 saturated heterocycles. The molecule has 0 bridgehead atoms. The van der Waals surface area contributed by atoms with Crippen molar-refractivity contribution >= 4 is 57.9 Å². The van der Waals surface area contributed by atoms with Crippen LogP contribution in [0.5, 0.6) is 11.5 Å². The summed E-state index contributed by atoms with van der Waals surface area (Å²) in [7, 11) is 2.95. The van der Waals surface area contributed by atoms with Crippen molar-refractivity contribution in [2.75, 3.05) is 19.1 Å². The van der Waals surface area contributed by atoms with Crippen molar-refractivity contribution < 1.29 is 24.2 Å². The van der Waals surface area contributed by atoms with Gasteiger partial charge in [-0.25, -0.2) is 0 Å². The number of ether oxygens (including phenoxy) is 2. The molecular weight excluding hydrogens is 513 g/mol. The second-order valence-electron chi connectivity index (χ2n) is 7.85. The summed E-state index contributed by atoms with van der Waals surface area (Å²) in [6, 6.07) is 13.8. The fourth-order valence-electron chi connectivity index (χ4n) is 3.98. The topological polar surface area (TPSA) is 76.1 Å². The number of Topliss-reactive ketones (excluding diaryl/α,β-unsaturated/α-hetero) is 1. The van der Waals surface area contributed by atoms with E-state index in [4.69, 9.17) is 44.3 Å². The standard InChI is InChI=1S/C26H20Cl3NO5/c1-13-4-7-16(12-18(13)27)30-22(14-5-8-17(34-2)9-6-14)21(24(32)26(30)33)23(31)15-10-19(28)25(35-3)20(29)11-15/h4-12,22,31H,1-3H3/b23-21+. The maximum Gasteiger partial charge on any atom is 0.300 e. The van der Waals surface area contributed by atoms with Gasteiger partial charge in [0.05, 0.1) is 35.9 Å². The minimum atomic E-state index is -0.945. The lowest BCUT2D eigenvalue weighted by molar-refractivity contribution is -0.132. The van der Waals surface area contributed by atoms with Gasteiger partial charge < -0.3 is 14.6 Å². The van der Waals surface area contributed by atoms with E-state index in [0.29, 0.717) is 22.0 Å². The fraction of sp³-hybridized carbons (Fsp3) is 0.154. The molecule has 6 nitrogen and oxygen atoms in total. The van der Waals surface area contributed by atoms with Gasteiger partial charge in [0.25, 0.3) is 11.7 Å². The number of nitrogens with zero attached hydrogens (tertiary/aromatic N) is 1. The first-order valence-electron chi connectivity index (χ1n) is 10.4. The molecule has 0 aliphatic carbocycles. The largest absolute Gasteiger partial charge is 0.507 e. The highest BCUT2D eigenvalue weighted by atomic mass is 35.5. The molecule has 9 heteroatoms. The zero-order valence-corrected chi connectivity index (χ0v) is 21.2. The Hall–Kier alpha value is -3.19. The number of aryl methyl sites for hydroxylation is 1. The van der Waals surface area contributed by atoms with Crippen LogP contribution in [0.25, 0.3) is 5.76 Å². The van der Waals surface area contributed by atoms with Crippen LogP contribution in [0.15, 0.2) is 60.2 Å². The second-order valence-corrected chi connectivity index (χ2v) is 9.07. The highest BCUT2D eigenvalue weighted by Crippen LogP contribution is 2.44. The Balaban J connectivity index is 1.96. The Morgan fingerprint density at radius 1 is 0.886 bits per heavy atom. The summed E-state index contributed by atoms with van der Waals surface area (Å²) in [5.41, 5.74) is 1.85. The molecule has 0 spiro atoms. The van der Waals surface area contributed by atoms with Gasteiger partial charge in [0.2, 0.25) is 0 Å². The van der Waals surface area contributed by atoms with Crippen LogP contribution in [0.3, 0.4) is 0 Å². The Bertz CT molecular complexity index is 1340. The molecule has 1 amide bonds. The number of aliphatic hydroxyl groups excluding tert-OH is 1. The van der Waals surface area contributed by atoms with Crippen LogP contribution < -0.4 is 14.4 Å². The number of ketones is 1. The lowest BCUT2D eigenvalue weighted by Crippen LogP contribution is -2.29. The highest BCUT2D eigenvalue weighted by Gasteiger charge is 2.47. The zero-order valence-electron chi connectivity index (χ0n) is 18.9. The maximum atomic E-state index is 13.3. The van der Waals surface area contributed by atoms with E-state index in [1.54, 1.807) is 42.5 Å². The number of hydrogen-bond acceptors (Lipinski definition) is 5. The first-order chi connectivity index (χ1) is 16.7. The number of rotatable bonds is 5. The van der Waals surface area contributed by atoms with Gasteiger partial charge >= 0.3 is 0 Å². The second kappa shape index (κ2) is 9.82. The van der Waals surface area contributed by atoms with E-state index < -0.39 is 23.5 Å². The summed E-state index contributed by atoms with van der Waals surface area (Å²) in [5, 5.41) is 12.0. The summed E-state index contributed by atoms with van der Waals surface area (Å²) < 4.78 is 10.4. The molecular formula is C26H20Cl3NO5. The van der Waals surface area contributed by atoms with Crippen molar-refractivity contribution in [1.29, 1.82) is 0 Å². The van der Waals surface area contributed by atoms with E-state index in [0.717, 1.165) is 5.56 Å². The molecule has 4 rings (SSSR count). The molecule has 0 aromatic heterocycles. The van der Waals surface area contributed by atoms with Crippen LogP contribution in [0, 0.1) is 6.92 Å². The van der Waals surface area contributed by atoms with Gasteiger partial charge in [0.1, 0.15) is 11.5 Å². The lowest BCUT2D eigenvalue weighted by Gasteiger charge is -2.26. The molecule has 0 saturated carbocycles. The number of amides is 1. The number of aliphatic hydroxyl groups is 1. The Morgan fingerprint density at radius 2 is 1.51 bits per heavy atom. The minimum absolute atomic E-state index is 0.117. The molecule has 1 unspecified atom stereocenters. The maximum absolute atomic E-state index is 13.3. The number of halogens is 3. The normalized spacial score (nSPS) is 17.1. The van der Waals surface area contributed by atoms with Crippen molar-refractivity contribution in [3.63, 3.8) is 0 Å². The van der Waals surface area contributed by atoms with E-state index in [1.165, 1.54) is 31.3 Å². The summed E-state index contributed by atoms with van der Waals surface area (Å²) in [6.07, 6.45) is 0. The van der Waals surface area contributed by atoms with Crippen molar-refractivity contribution in [3.8, 4) is 11.5 Å². The van der Waals surface area contributed by atoms with Crippen molar-refractivity contribution in [3.05, 3.63) is 91.9 Å². The average Bonchev–Trinajstić information content (AvgIpc) is 3.10. The Kier molecular flexibility index (Phi) is 6.99. The van der Waals surface area contributed by atoms with Crippen LogP contribution in [0.2, 0.25) is 15.1 Å². The molecule has 35 heavy (non-hydrogen) atoms. The number of benzene rings is 3. The summed E-state index contributed by atoms with van der Waals surface area (Å²) in [4.78, 5) is 27.9. The van der Waals surface area contributed by atoms with E-state index in [9.17, 15) is 14.7 Å². The molecule has 1 aliphatic rings. The number of anilines is 1. The number of carbonyl (C=O) groups excluding carboxylic acids is 2. The van der Waals surface area contributed by atoms with Crippen LogP contribution in [0.4, 0.5) is 5.69 Å². The zero-order chi connectivity index (χ0) is 25.4. The molecule has 1 heterocycles. The summed E-state index contributed by atoms with van der Waals surface area (Å²) >= 11 is 18.8. The predicted octanol–water partition coefficient (Wildman–Crippen LogP) is 6.60. The van der Waals surface area contributed by atoms with Crippen LogP contribution in [-0.2, 0) is 9.59 Å². The monoisotopic (exact) mass is 531 g/mol. The molecule has 3 aromatic rings. The van der Waals surface area contributed by atoms with Gasteiger partial charge in [-0.2, -0.15) is 0 Å². The first-order valence-corrected chi connectivity index (χ1v) is 11.6. The average molecular weight is 533 g/mol. The molecule has 1 N–H and O–H groups in total. The van der Waals surface area contributed by atoms with Gasteiger partial charge in [-0.05, 0) is 54.4 Å². The molecule has 180 valence electrons. The Morgan fingerprint density at radius 3 is 2.06 bits per heavy atom. The van der Waals surface area contributed by atoms with Crippen molar-refractivity contribution in [2.45, 2.75) is 13.0 Å². The third kappa shape index (κ3) is 4.45. The summed E-state index contributed by atoms with van der Waals surface area (Å²) in [6.45, 7) is 1.83. The van der Waals surface area contributed by atoms with Gasteiger partial charge in [-0.1, -0.05) is 53.0 Å². The quantitative estimate of drug-likeness (QED) is 0.228. The number of carbonyl (C=O) groups is 2. The minimum Gasteiger partial charge on any atom is -0.507 e. The van der Waals surface area contributed by atoms with Gasteiger partial charge in [-0.15, -0.1) is 0 Å². The predicted molar refractivity (Wildman–Crippen MR) is 137 cm³/mol. The van der Waals surface area contributed by atoms with E-state index >= 15 is 0 Å². The molecule has 0 radical (unpaired) electrons. The molecule has 1 aliphatic heterocycles.